The number of phenolic OH excluding ortho intramolecular Hbond substituents is 3. The maximum Gasteiger partial charge on any atom is 0.167 e. The Bertz CT molecular complexity index is 1520. The SMILES string of the molecule is CCCCC(CC)COc1ccc(-c2nc(-c3ccc(OCC(CC)CCCC)cc3O)nc(-c3ccc(OCC(CC)CCCC)cc3O)n2)c(O)c1. The van der Waals surface area contributed by atoms with E-state index in [0.717, 1.165) is 77.0 Å². The van der Waals surface area contributed by atoms with Crippen LogP contribution in [0.5, 0.6) is 34.5 Å². The van der Waals surface area contributed by atoms with E-state index in [1.807, 2.05) is 0 Å². The van der Waals surface area contributed by atoms with Crippen molar-refractivity contribution < 1.29 is 29.5 Å². The van der Waals surface area contributed by atoms with Gasteiger partial charge in [-0.3, -0.25) is 0 Å². The molecule has 0 radical (unpaired) electrons. The Labute approximate surface area is 323 Å². The Morgan fingerprint density at radius 1 is 0.444 bits per heavy atom. The van der Waals surface area contributed by atoms with Crippen molar-refractivity contribution in [3.05, 3.63) is 54.6 Å². The highest BCUT2D eigenvalue weighted by molar-refractivity contribution is 5.74. The molecule has 1 aromatic heterocycles. The van der Waals surface area contributed by atoms with Gasteiger partial charge in [0.25, 0.3) is 0 Å². The molecule has 3 atom stereocenters. The van der Waals surface area contributed by atoms with Crippen molar-refractivity contribution in [2.75, 3.05) is 19.8 Å². The summed E-state index contributed by atoms with van der Waals surface area (Å²) >= 11 is 0. The molecule has 3 unspecified atom stereocenters. The summed E-state index contributed by atoms with van der Waals surface area (Å²) in [5.41, 5.74) is 1.08. The molecule has 4 rings (SSSR count). The molecule has 0 spiro atoms. The van der Waals surface area contributed by atoms with Crippen molar-refractivity contribution in [2.45, 2.75) is 119 Å². The smallest absolute Gasteiger partial charge is 0.167 e. The van der Waals surface area contributed by atoms with Crippen LogP contribution in [-0.2, 0) is 0 Å². The lowest BCUT2D eigenvalue weighted by Gasteiger charge is -2.17. The van der Waals surface area contributed by atoms with E-state index in [2.05, 4.69) is 41.5 Å². The van der Waals surface area contributed by atoms with Crippen LogP contribution in [0.3, 0.4) is 0 Å². The van der Waals surface area contributed by atoms with Gasteiger partial charge in [0.1, 0.15) is 34.5 Å². The fourth-order valence-electron chi connectivity index (χ4n) is 6.44. The molecule has 3 aromatic carbocycles. The first-order valence-electron chi connectivity index (χ1n) is 20.4. The van der Waals surface area contributed by atoms with Crippen molar-refractivity contribution in [1.29, 1.82) is 0 Å². The van der Waals surface area contributed by atoms with Gasteiger partial charge in [-0.1, -0.05) is 99.3 Å². The predicted octanol–water partition coefficient (Wildman–Crippen LogP) is 11.8. The number of aromatic nitrogens is 3. The molecule has 0 saturated carbocycles. The summed E-state index contributed by atoms with van der Waals surface area (Å²) in [7, 11) is 0. The molecule has 1 heterocycles. The lowest BCUT2D eigenvalue weighted by atomic mass is 10.0. The quantitative estimate of drug-likeness (QED) is 0.0643. The van der Waals surface area contributed by atoms with Crippen LogP contribution in [0.4, 0.5) is 0 Å². The number of nitrogens with zero attached hydrogens (tertiary/aromatic N) is 3. The molecule has 9 heteroatoms. The Balaban J connectivity index is 1.68. The zero-order chi connectivity index (χ0) is 38.9. The molecule has 0 amide bonds. The Morgan fingerprint density at radius 3 is 0.944 bits per heavy atom. The molecule has 0 saturated heterocycles. The lowest BCUT2D eigenvalue weighted by Crippen LogP contribution is -2.11. The standard InChI is InChI=1S/C45H63N3O6/c1-7-13-16-31(10-4)28-52-34-19-22-37(40(49)25-34)43-46-44(38-23-20-35(26-41(38)50)53-29-32(11-5)17-14-8-2)48-45(47-43)39-24-21-36(27-42(39)51)54-30-33(12-6)18-15-9-3/h19-27,31-33,49-51H,7-18,28-30H2,1-6H3. The minimum absolute atomic E-state index is 0.0553. The monoisotopic (exact) mass is 741 g/mol. The van der Waals surface area contributed by atoms with E-state index < -0.39 is 0 Å². The molecule has 294 valence electrons. The Kier molecular flexibility index (Phi) is 17.2. The highest BCUT2D eigenvalue weighted by atomic mass is 16.5. The summed E-state index contributed by atoms with van der Waals surface area (Å²) in [4.78, 5) is 14.2. The van der Waals surface area contributed by atoms with Gasteiger partial charge < -0.3 is 29.5 Å². The minimum Gasteiger partial charge on any atom is -0.507 e. The first-order valence-corrected chi connectivity index (χ1v) is 20.4. The average Bonchev–Trinajstić information content (AvgIpc) is 3.18. The molecule has 9 nitrogen and oxygen atoms in total. The van der Waals surface area contributed by atoms with Crippen molar-refractivity contribution in [1.82, 2.24) is 15.0 Å². The van der Waals surface area contributed by atoms with Crippen LogP contribution in [0.15, 0.2) is 54.6 Å². The molecular formula is C45H63N3O6. The second-order valence-corrected chi connectivity index (χ2v) is 14.5. The maximum absolute atomic E-state index is 11.3. The maximum atomic E-state index is 11.3. The van der Waals surface area contributed by atoms with Crippen molar-refractivity contribution >= 4 is 0 Å². The van der Waals surface area contributed by atoms with Gasteiger partial charge in [-0.15, -0.1) is 0 Å². The van der Waals surface area contributed by atoms with E-state index in [-0.39, 0.29) is 34.7 Å². The molecule has 0 aliphatic rings. The molecular weight excluding hydrogens is 679 g/mol. The second kappa shape index (κ2) is 22.0. The van der Waals surface area contributed by atoms with Crippen LogP contribution in [0, 0.1) is 17.8 Å². The van der Waals surface area contributed by atoms with Crippen LogP contribution < -0.4 is 14.2 Å². The van der Waals surface area contributed by atoms with Crippen LogP contribution in [-0.4, -0.2) is 50.1 Å². The lowest BCUT2D eigenvalue weighted by molar-refractivity contribution is 0.232. The topological polar surface area (TPSA) is 127 Å². The number of unbranched alkanes of at least 4 members (excludes halogenated alkanes) is 3. The molecule has 4 aromatic rings. The number of ether oxygens (including phenoxy) is 3. The molecule has 3 N–H and O–H groups in total. The molecule has 54 heavy (non-hydrogen) atoms. The number of aromatic hydroxyl groups is 3. The van der Waals surface area contributed by atoms with Gasteiger partial charge in [0, 0.05) is 18.2 Å². The van der Waals surface area contributed by atoms with Gasteiger partial charge in [0.15, 0.2) is 17.5 Å². The number of benzene rings is 3. The summed E-state index contributed by atoms with van der Waals surface area (Å²) in [6.07, 6.45) is 13.3. The fraction of sp³-hybridized carbons (Fsp3) is 0.533. The third-order valence-electron chi connectivity index (χ3n) is 10.4. The Hall–Kier alpha value is -4.53. The summed E-state index contributed by atoms with van der Waals surface area (Å²) in [5.74, 6) is 3.36. The summed E-state index contributed by atoms with van der Waals surface area (Å²) < 4.78 is 18.3. The van der Waals surface area contributed by atoms with Crippen LogP contribution in [0.1, 0.15) is 119 Å². The zero-order valence-electron chi connectivity index (χ0n) is 33.4. The van der Waals surface area contributed by atoms with Crippen LogP contribution >= 0.6 is 0 Å². The predicted molar refractivity (Wildman–Crippen MR) is 218 cm³/mol. The first-order chi connectivity index (χ1) is 26.2. The Morgan fingerprint density at radius 2 is 0.722 bits per heavy atom. The van der Waals surface area contributed by atoms with E-state index in [9.17, 15) is 15.3 Å². The van der Waals surface area contributed by atoms with Gasteiger partial charge in [-0.25, -0.2) is 15.0 Å². The summed E-state index contributed by atoms with van der Waals surface area (Å²) in [5, 5.41) is 33.8. The van der Waals surface area contributed by atoms with Crippen LogP contribution in [0.2, 0.25) is 0 Å². The second-order valence-electron chi connectivity index (χ2n) is 14.5. The third-order valence-corrected chi connectivity index (χ3v) is 10.4. The first kappa shape index (κ1) is 42.2. The molecule has 0 aliphatic carbocycles. The van der Waals surface area contributed by atoms with Gasteiger partial charge in [-0.2, -0.15) is 0 Å². The van der Waals surface area contributed by atoms with Crippen molar-refractivity contribution in [2.24, 2.45) is 17.8 Å². The van der Waals surface area contributed by atoms with Gasteiger partial charge in [0.05, 0.1) is 36.5 Å². The van der Waals surface area contributed by atoms with E-state index in [4.69, 9.17) is 29.2 Å². The fourth-order valence-corrected chi connectivity index (χ4v) is 6.44. The average molecular weight is 742 g/mol. The number of hydrogen-bond donors (Lipinski definition) is 3. The van der Waals surface area contributed by atoms with E-state index >= 15 is 0 Å². The van der Waals surface area contributed by atoms with Gasteiger partial charge in [0.2, 0.25) is 0 Å². The summed E-state index contributed by atoms with van der Waals surface area (Å²) in [6.45, 7) is 14.8. The third kappa shape index (κ3) is 12.3. The number of hydrogen-bond acceptors (Lipinski definition) is 9. The van der Waals surface area contributed by atoms with Gasteiger partial charge >= 0.3 is 0 Å². The van der Waals surface area contributed by atoms with Crippen molar-refractivity contribution in [3.63, 3.8) is 0 Å². The highest BCUT2D eigenvalue weighted by Gasteiger charge is 2.20. The van der Waals surface area contributed by atoms with E-state index in [1.54, 1.807) is 54.6 Å². The highest BCUT2D eigenvalue weighted by Crippen LogP contribution is 2.38. The largest absolute Gasteiger partial charge is 0.507 e. The number of phenols is 3. The number of rotatable bonds is 24. The van der Waals surface area contributed by atoms with E-state index in [1.165, 1.54) is 0 Å². The van der Waals surface area contributed by atoms with Gasteiger partial charge in [-0.05, 0) is 73.4 Å². The molecule has 0 aliphatic heterocycles. The van der Waals surface area contributed by atoms with Crippen molar-refractivity contribution in [3.8, 4) is 68.7 Å². The summed E-state index contributed by atoms with van der Waals surface area (Å²) in [6, 6.07) is 15.3. The normalized spacial score (nSPS) is 13.0. The van der Waals surface area contributed by atoms with Crippen LogP contribution in [0.25, 0.3) is 34.2 Å². The zero-order valence-corrected chi connectivity index (χ0v) is 33.4. The van der Waals surface area contributed by atoms with E-state index in [0.29, 0.717) is 71.5 Å². The molecule has 0 bridgehead atoms. The molecule has 0 fully saturated rings. The minimum atomic E-state index is -0.0553.